The molecule has 3 heterocycles. The minimum absolute atomic E-state index is 0.00917. The van der Waals surface area contributed by atoms with E-state index in [0.29, 0.717) is 17.9 Å². The van der Waals surface area contributed by atoms with E-state index in [4.69, 9.17) is 13.9 Å². The predicted octanol–water partition coefficient (Wildman–Crippen LogP) is 1.61. The molecule has 5 heteroatoms. The van der Waals surface area contributed by atoms with Gasteiger partial charge in [-0.25, -0.2) is 0 Å². The molecule has 19 heavy (non-hydrogen) atoms. The molecule has 3 rings (SSSR count). The van der Waals surface area contributed by atoms with E-state index >= 15 is 0 Å². The average Bonchev–Trinajstić information content (AvgIpc) is 3.01. The molecule has 0 bridgehead atoms. The molecule has 3 atom stereocenters. The van der Waals surface area contributed by atoms with E-state index in [9.17, 15) is 4.79 Å². The lowest BCUT2D eigenvalue weighted by Crippen LogP contribution is -2.43. The van der Waals surface area contributed by atoms with Gasteiger partial charge in [0.1, 0.15) is 18.0 Å². The average molecular weight is 265 g/mol. The summed E-state index contributed by atoms with van der Waals surface area (Å²) in [6, 6.07) is 1.86. The van der Waals surface area contributed by atoms with E-state index in [0.717, 1.165) is 19.4 Å². The highest BCUT2D eigenvalue weighted by atomic mass is 16.5. The lowest BCUT2D eigenvalue weighted by molar-refractivity contribution is -0.0639. The Bertz CT molecular complexity index is 470. The van der Waals surface area contributed by atoms with Gasteiger partial charge < -0.3 is 18.8 Å². The number of ether oxygens (including phenoxy) is 2. The number of carbonyl (C=O) groups excluding carboxylic acids is 1. The molecular weight excluding hydrogens is 246 g/mol. The van der Waals surface area contributed by atoms with E-state index < -0.39 is 0 Å². The molecular formula is C14H19NO4. The Labute approximate surface area is 112 Å². The van der Waals surface area contributed by atoms with Crippen LogP contribution in [0.25, 0.3) is 0 Å². The number of aryl methyl sites for hydroxylation is 1. The molecule has 1 amide bonds. The maximum absolute atomic E-state index is 12.6. The van der Waals surface area contributed by atoms with Crippen molar-refractivity contribution in [3.63, 3.8) is 0 Å². The number of rotatable bonds is 2. The van der Waals surface area contributed by atoms with E-state index in [1.807, 2.05) is 11.8 Å². The second-order valence-electron chi connectivity index (χ2n) is 5.17. The quantitative estimate of drug-likeness (QED) is 0.815. The Morgan fingerprint density at radius 3 is 3.05 bits per heavy atom. The summed E-state index contributed by atoms with van der Waals surface area (Å²) in [7, 11) is 1.68. The number of fused-ring (bicyclic) bond motifs is 1. The first-order valence-corrected chi connectivity index (χ1v) is 6.72. The first kappa shape index (κ1) is 12.7. The molecule has 0 N–H and O–H groups in total. The highest BCUT2D eigenvalue weighted by Gasteiger charge is 2.46. The normalized spacial score (nSPS) is 30.4. The molecule has 104 valence electrons. The van der Waals surface area contributed by atoms with Crippen LogP contribution >= 0.6 is 0 Å². The van der Waals surface area contributed by atoms with E-state index in [1.165, 1.54) is 0 Å². The third-order valence-corrected chi connectivity index (χ3v) is 4.13. The third-order valence-electron chi connectivity index (χ3n) is 4.13. The molecule has 0 radical (unpaired) electrons. The molecule has 2 aliphatic rings. The second kappa shape index (κ2) is 4.98. The number of amides is 1. The van der Waals surface area contributed by atoms with Gasteiger partial charge in [-0.1, -0.05) is 0 Å². The largest absolute Gasteiger partial charge is 0.469 e. The Kier molecular flexibility index (Phi) is 3.33. The molecule has 1 aromatic rings. The summed E-state index contributed by atoms with van der Waals surface area (Å²) in [5.41, 5.74) is 0.640. The van der Waals surface area contributed by atoms with Gasteiger partial charge in [0, 0.05) is 13.7 Å². The summed E-state index contributed by atoms with van der Waals surface area (Å²) in [5.74, 6) is 0.686. The molecule has 5 nitrogen and oxygen atoms in total. The van der Waals surface area contributed by atoms with E-state index in [-0.39, 0.29) is 24.2 Å². The molecule has 2 fully saturated rings. The van der Waals surface area contributed by atoms with Gasteiger partial charge in [0.2, 0.25) is 0 Å². The molecule has 2 aliphatic heterocycles. The summed E-state index contributed by atoms with van der Waals surface area (Å²) in [5, 5.41) is 0. The van der Waals surface area contributed by atoms with E-state index in [2.05, 4.69) is 0 Å². The number of hydrogen-bond acceptors (Lipinski definition) is 4. The lowest BCUT2D eigenvalue weighted by Gasteiger charge is -2.31. The van der Waals surface area contributed by atoms with Crippen LogP contribution in [0, 0.1) is 6.92 Å². The first-order valence-electron chi connectivity index (χ1n) is 6.72. The zero-order chi connectivity index (χ0) is 13.4. The number of likely N-dealkylation sites (tertiary alicyclic amines) is 1. The number of carbonyl (C=O) groups is 1. The topological polar surface area (TPSA) is 51.9 Å². The molecule has 1 aromatic heterocycles. The Hall–Kier alpha value is -1.33. The maximum atomic E-state index is 12.6. The van der Waals surface area contributed by atoms with Crippen LogP contribution in [-0.2, 0) is 9.47 Å². The minimum atomic E-state index is -0.0264. The van der Waals surface area contributed by atoms with Crippen molar-refractivity contribution in [2.24, 2.45) is 0 Å². The number of nitrogens with zero attached hydrogens (tertiary/aromatic N) is 1. The van der Waals surface area contributed by atoms with Gasteiger partial charge in [-0.05, 0) is 25.8 Å². The fourth-order valence-corrected chi connectivity index (χ4v) is 3.11. The lowest BCUT2D eigenvalue weighted by atomic mass is 10.0. The zero-order valence-corrected chi connectivity index (χ0v) is 11.3. The smallest absolute Gasteiger partial charge is 0.257 e. The van der Waals surface area contributed by atoms with Crippen molar-refractivity contribution in [3.8, 4) is 0 Å². The van der Waals surface area contributed by atoms with Crippen molar-refractivity contribution in [3.05, 3.63) is 23.7 Å². The van der Waals surface area contributed by atoms with Gasteiger partial charge in [-0.15, -0.1) is 0 Å². The van der Waals surface area contributed by atoms with Crippen molar-refractivity contribution in [2.75, 3.05) is 20.3 Å². The molecule has 0 spiro atoms. The molecule has 2 saturated heterocycles. The van der Waals surface area contributed by atoms with Gasteiger partial charge >= 0.3 is 0 Å². The van der Waals surface area contributed by atoms with Crippen molar-refractivity contribution in [2.45, 2.75) is 38.0 Å². The van der Waals surface area contributed by atoms with Crippen LogP contribution in [0.2, 0.25) is 0 Å². The number of methoxy groups -OCH3 is 1. The van der Waals surface area contributed by atoms with Crippen molar-refractivity contribution in [1.82, 2.24) is 4.90 Å². The number of hydrogen-bond donors (Lipinski definition) is 0. The zero-order valence-electron chi connectivity index (χ0n) is 11.3. The fourth-order valence-electron chi connectivity index (χ4n) is 3.11. The van der Waals surface area contributed by atoms with Gasteiger partial charge in [0.25, 0.3) is 5.91 Å². The Balaban J connectivity index is 1.84. The van der Waals surface area contributed by atoms with Gasteiger partial charge in [0.05, 0.1) is 24.4 Å². The molecule has 0 saturated carbocycles. The monoisotopic (exact) mass is 265 g/mol. The first-order chi connectivity index (χ1) is 9.22. The highest BCUT2D eigenvalue weighted by Crippen LogP contribution is 2.31. The summed E-state index contributed by atoms with van der Waals surface area (Å²) >= 11 is 0. The van der Waals surface area contributed by atoms with Crippen LogP contribution < -0.4 is 0 Å². The molecule has 0 aliphatic carbocycles. The standard InChI is InChI=1S/C14H19NO4/c1-9-10(5-7-18-9)14(16)15-8-12(17-2)13-11(15)4-3-6-19-13/h5,7,11-13H,3-4,6,8H2,1-2H3/t11-,12+,13+/m1/s1. The van der Waals surface area contributed by atoms with Crippen LogP contribution in [0.4, 0.5) is 0 Å². The van der Waals surface area contributed by atoms with E-state index in [1.54, 1.807) is 19.4 Å². The maximum Gasteiger partial charge on any atom is 0.257 e. The van der Waals surface area contributed by atoms with Gasteiger partial charge in [-0.2, -0.15) is 0 Å². The van der Waals surface area contributed by atoms with Crippen molar-refractivity contribution in [1.29, 1.82) is 0 Å². The van der Waals surface area contributed by atoms with Crippen LogP contribution in [0.5, 0.6) is 0 Å². The summed E-state index contributed by atoms with van der Waals surface area (Å²) in [6.07, 6.45) is 3.51. The minimum Gasteiger partial charge on any atom is -0.469 e. The van der Waals surface area contributed by atoms with Crippen LogP contribution in [0.1, 0.15) is 29.0 Å². The summed E-state index contributed by atoms with van der Waals surface area (Å²) < 4.78 is 16.5. The SMILES string of the molecule is CO[C@H]1CN(C(=O)c2ccoc2C)[C@@H]2CCCO[C@H]12. The van der Waals surface area contributed by atoms with Crippen LogP contribution in [-0.4, -0.2) is 49.3 Å². The van der Waals surface area contributed by atoms with Crippen LogP contribution in [0.3, 0.4) is 0 Å². The highest BCUT2D eigenvalue weighted by molar-refractivity contribution is 5.95. The Morgan fingerprint density at radius 2 is 2.37 bits per heavy atom. The van der Waals surface area contributed by atoms with Crippen molar-refractivity contribution >= 4 is 5.91 Å². The van der Waals surface area contributed by atoms with Crippen LogP contribution in [0.15, 0.2) is 16.7 Å². The van der Waals surface area contributed by atoms with Crippen molar-refractivity contribution < 1.29 is 18.7 Å². The predicted molar refractivity (Wildman–Crippen MR) is 68.0 cm³/mol. The summed E-state index contributed by atoms with van der Waals surface area (Å²) in [6.45, 7) is 3.16. The molecule has 0 unspecified atom stereocenters. The van der Waals surface area contributed by atoms with Gasteiger partial charge in [-0.3, -0.25) is 4.79 Å². The number of furan rings is 1. The van der Waals surface area contributed by atoms with Gasteiger partial charge in [0.15, 0.2) is 0 Å². The third kappa shape index (κ3) is 2.07. The Morgan fingerprint density at radius 1 is 1.53 bits per heavy atom. The fraction of sp³-hybridized carbons (Fsp3) is 0.643. The summed E-state index contributed by atoms with van der Waals surface area (Å²) in [4.78, 5) is 14.5. The molecule has 0 aromatic carbocycles. The second-order valence-corrected chi connectivity index (χ2v) is 5.17.